The summed E-state index contributed by atoms with van der Waals surface area (Å²) in [5.74, 6) is 0.374. The topological polar surface area (TPSA) is 78.5 Å². The summed E-state index contributed by atoms with van der Waals surface area (Å²) in [6, 6.07) is 0.328. The van der Waals surface area contributed by atoms with Crippen molar-refractivity contribution in [1.29, 1.82) is 0 Å². The molecule has 1 aromatic heterocycles. The van der Waals surface area contributed by atoms with Crippen LogP contribution in [0, 0.1) is 0 Å². The maximum Gasteiger partial charge on any atom is 0.257 e. The van der Waals surface area contributed by atoms with E-state index in [4.69, 9.17) is 4.74 Å². The summed E-state index contributed by atoms with van der Waals surface area (Å²) < 4.78 is 5.76. The lowest BCUT2D eigenvalue weighted by atomic mass is 9.91. The number of nitrogens with one attached hydrogen (secondary N) is 1. The summed E-state index contributed by atoms with van der Waals surface area (Å²) >= 11 is 0. The molecule has 7 heteroatoms. The van der Waals surface area contributed by atoms with Crippen molar-refractivity contribution in [3.63, 3.8) is 0 Å². The molecule has 7 nitrogen and oxygen atoms in total. The maximum absolute atomic E-state index is 13.2. The van der Waals surface area contributed by atoms with Crippen molar-refractivity contribution in [2.45, 2.75) is 88.7 Å². The van der Waals surface area contributed by atoms with E-state index in [1.54, 1.807) is 6.20 Å². The number of ether oxygens (including phenoxy) is 1. The second-order valence-corrected chi connectivity index (χ2v) is 9.28. The monoisotopic (exact) mass is 416 g/mol. The highest BCUT2D eigenvalue weighted by Crippen LogP contribution is 2.30. The molecule has 4 rings (SSSR count). The van der Waals surface area contributed by atoms with Gasteiger partial charge in [0.25, 0.3) is 5.91 Å². The molecule has 0 spiro atoms. The van der Waals surface area contributed by atoms with E-state index in [0.717, 1.165) is 63.8 Å². The van der Waals surface area contributed by atoms with Crippen LogP contribution in [0.2, 0.25) is 0 Å². The molecule has 2 amide bonds. The molecule has 3 heterocycles. The van der Waals surface area contributed by atoms with Crippen molar-refractivity contribution in [2.75, 3.05) is 26.7 Å². The van der Waals surface area contributed by atoms with Crippen LogP contribution in [0.25, 0.3) is 0 Å². The van der Waals surface area contributed by atoms with Gasteiger partial charge in [-0.1, -0.05) is 19.3 Å². The highest BCUT2D eigenvalue weighted by atomic mass is 16.5. The number of H-pyrrole nitrogens is 1. The Morgan fingerprint density at radius 1 is 1.13 bits per heavy atom. The number of nitrogens with zero attached hydrogens (tertiary/aromatic N) is 3. The number of aromatic nitrogens is 2. The van der Waals surface area contributed by atoms with Gasteiger partial charge >= 0.3 is 0 Å². The first-order chi connectivity index (χ1) is 14.6. The second-order valence-electron chi connectivity index (χ2n) is 9.28. The molecule has 1 aliphatic carbocycles. The Morgan fingerprint density at radius 3 is 2.70 bits per heavy atom. The largest absolute Gasteiger partial charge is 0.378 e. The summed E-state index contributed by atoms with van der Waals surface area (Å²) in [5, 5.41) is 7.31. The maximum atomic E-state index is 13.2. The molecule has 0 radical (unpaired) electrons. The molecule has 0 unspecified atom stereocenters. The molecule has 0 bridgehead atoms. The minimum atomic E-state index is 0.0599. The van der Waals surface area contributed by atoms with E-state index in [9.17, 15) is 9.59 Å². The quantitative estimate of drug-likeness (QED) is 0.797. The van der Waals surface area contributed by atoms with Gasteiger partial charge in [0, 0.05) is 38.7 Å². The third kappa shape index (κ3) is 4.88. The molecule has 1 aromatic rings. The zero-order valence-corrected chi connectivity index (χ0v) is 18.3. The predicted molar refractivity (Wildman–Crippen MR) is 114 cm³/mol. The summed E-state index contributed by atoms with van der Waals surface area (Å²) in [7, 11) is 1.93. The van der Waals surface area contributed by atoms with Gasteiger partial charge in [-0.05, 0) is 44.9 Å². The average Bonchev–Trinajstić information content (AvgIpc) is 3.29. The zero-order chi connectivity index (χ0) is 20.9. The van der Waals surface area contributed by atoms with Crippen LogP contribution in [0.1, 0.15) is 92.6 Å². The van der Waals surface area contributed by atoms with Gasteiger partial charge in [-0.3, -0.25) is 14.7 Å². The Hall–Kier alpha value is -1.89. The zero-order valence-electron chi connectivity index (χ0n) is 18.3. The molecule has 3 aliphatic rings. The number of rotatable bonds is 5. The van der Waals surface area contributed by atoms with Crippen molar-refractivity contribution >= 4 is 11.8 Å². The number of hydrogen-bond acceptors (Lipinski definition) is 4. The van der Waals surface area contributed by atoms with Crippen LogP contribution >= 0.6 is 0 Å². The number of carbonyl (C=O) groups is 2. The van der Waals surface area contributed by atoms with Crippen molar-refractivity contribution in [1.82, 2.24) is 20.0 Å². The lowest BCUT2D eigenvalue weighted by Crippen LogP contribution is -2.42. The van der Waals surface area contributed by atoms with Gasteiger partial charge in [-0.25, -0.2) is 0 Å². The van der Waals surface area contributed by atoms with E-state index < -0.39 is 0 Å². The van der Waals surface area contributed by atoms with E-state index in [1.165, 1.54) is 19.3 Å². The van der Waals surface area contributed by atoms with Crippen molar-refractivity contribution in [3.8, 4) is 0 Å². The van der Waals surface area contributed by atoms with Gasteiger partial charge in [0.05, 0.1) is 30.0 Å². The smallest absolute Gasteiger partial charge is 0.257 e. The number of aromatic amines is 1. The number of hydrogen-bond donors (Lipinski definition) is 1. The number of carbonyl (C=O) groups excluding carboxylic acids is 2. The van der Waals surface area contributed by atoms with Gasteiger partial charge in [0.15, 0.2) is 0 Å². The molecule has 2 saturated heterocycles. The van der Waals surface area contributed by atoms with Gasteiger partial charge in [0.1, 0.15) is 0 Å². The van der Waals surface area contributed by atoms with Gasteiger partial charge in [-0.2, -0.15) is 5.10 Å². The summed E-state index contributed by atoms with van der Waals surface area (Å²) in [4.78, 5) is 30.0. The fraction of sp³-hybridized carbons (Fsp3) is 0.783. The Bertz CT molecular complexity index is 722. The Kier molecular flexibility index (Phi) is 7.08. The van der Waals surface area contributed by atoms with E-state index >= 15 is 0 Å². The average molecular weight is 417 g/mol. The molecular formula is C23H36N4O3. The number of amides is 2. The first kappa shape index (κ1) is 21.3. The molecule has 0 aromatic carbocycles. The molecule has 166 valence electrons. The molecule has 2 aliphatic heterocycles. The second kappa shape index (κ2) is 9.94. The number of likely N-dealkylation sites (tertiary alicyclic amines) is 1. The molecule has 1 saturated carbocycles. The van der Waals surface area contributed by atoms with Crippen LogP contribution in [0.3, 0.4) is 0 Å². The van der Waals surface area contributed by atoms with E-state index in [1.807, 2.05) is 16.8 Å². The minimum Gasteiger partial charge on any atom is -0.378 e. The van der Waals surface area contributed by atoms with Crippen molar-refractivity contribution in [2.24, 2.45) is 0 Å². The van der Waals surface area contributed by atoms with Gasteiger partial charge in [-0.15, -0.1) is 0 Å². The Balaban J connectivity index is 1.39. The summed E-state index contributed by atoms with van der Waals surface area (Å²) in [5.41, 5.74) is 1.58. The molecular weight excluding hydrogens is 380 g/mol. The van der Waals surface area contributed by atoms with Crippen molar-refractivity contribution < 1.29 is 14.3 Å². The third-order valence-electron chi connectivity index (χ3n) is 7.20. The van der Waals surface area contributed by atoms with E-state index in [2.05, 4.69) is 10.2 Å². The van der Waals surface area contributed by atoms with E-state index in [0.29, 0.717) is 24.6 Å². The van der Waals surface area contributed by atoms with Crippen LogP contribution in [0.4, 0.5) is 0 Å². The van der Waals surface area contributed by atoms with Crippen LogP contribution in [0.5, 0.6) is 0 Å². The van der Waals surface area contributed by atoms with Crippen LogP contribution in [-0.2, 0) is 9.53 Å². The fourth-order valence-electron chi connectivity index (χ4n) is 5.33. The van der Waals surface area contributed by atoms with E-state index in [-0.39, 0.29) is 23.8 Å². The lowest BCUT2D eigenvalue weighted by molar-refractivity contribution is -0.136. The molecule has 3 fully saturated rings. The van der Waals surface area contributed by atoms with Crippen LogP contribution < -0.4 is 0 Å². The SMILES string of the molecule is CN(C(=O)c1cn[nH]c1[C@H]1CCCN(C(=O)C[C@@H]2CCCCO2)C1)C1CCCCC1. The minimum absolute atomic E-state index is 0.0599. The Morgan fingerprint density at radius 2 is 1.93 bits per heavy atom. The van der Waals surface area contributed by atoms with Gasteiger partial charge < -0.3 is 14.5 Å². The number of piperidine rings is 1. The van der Waals surface area contributed by atoms with Crippen LogP contribution in [0.15, 0.2) is 6.20 Å². The molecule has 1 N–H and O–H groups in total. The molecule has 30 heavy (non-hydrogen) atoms. The molecule has 2 atom stereocenters. The summed E-state index contributed by atoms with van der Waals surface area (Å²) in [6.07, 6.45) is 13.2. The summed E-state index contributed by atoms with van der Waals surface area (Å²) in [6.45, 7) is 2.22. The first-order valence-corrected chi connectivity index (χ1v) is 11.8. The van der Waals surface area contributed by atoms with Gasteiger partial charge in [0.2, 0.25) is 5.91 Å². The third-order valence-corrected chi connectivity index (χ3v) is 7.20. The fourth-order valence-corrected chi connectivity index (χ4v) is 5.33. The highest BCUT2D eigenvalue weighted by molar-refractivity contribution is 5.95. The normalized spacial score (nSPS) is 25.8. The standard InChI is InChI=1S/C23H36N4O3/c1-26(18-9-3-2-4-10-18)23(29)20-15-24-25-22(20)17-8-7-12-27(16-17)21(28)14-19-11-5-6-13-30-19/h15,17-19H,2-14,16H2,1H3,(H,24,25)/t17-,19-/m0/s1. The lowest BCUT2D eigenvalue weighted by Gasteiger charge is -2.35. The Labute approximate surface area is 179 Å². The van der Waals surface area contributed by atoms with Crippen LogP contribution in [-0.4, -0.2) is 70.7 Å². The first-order valence-electron chi connectivity index (χ1n) is 11.8. The highest BCUT2D eigenvalue weighted by Gasteiger charge is 2.32. The predicted octanol–water partition coefficient (Wildman–Crippen LogP) is 3.48. The van der Waals surface area contributed by atoms with Crippen molar-refractivity contribution in [3.05, 3.63) is 17.5 Å².